The summed E-state index contributed by atoms with van der Waals surface area (Å²) in [6.07, 6.45) is 1.45. The van der Waals surface area contributed by atoms with E-state index in [-0.39, 0.29) is 36.4 Å². The first kappa shape index (κ1) is 16.5. The molecule has 0 bridgehead atoms. The molecule has 0 aliphatic rings. The molecule has 0 aliphatic heterocycles. The Balaban J connectivity index is 2.91. The fourth-order valence-corrected chi connectivity index (χ4v) is 2.26. The number of nitrogens with one attached hydrogen (secondary N) is 1. The van der Waals surface area contributed by atoms with Crippen LogP contribution in [0.15, 0.2) is 11.2 Å². The van der Waals surface area contributed by atoms with Crippen molar-refractivity contribution in [3.63, 3.8) is 0 Å². The van der Waals surface area contributed by atoms with Crippen molar-refractivity contribution in [3.8, 4) is 6.07 Å². The van der Waals surface area contributed by atoms with Gasteiger partial charge < -0.3 is 9.88 Å². The minimum absolute atomic E-state index is 0.0610. The van der Waals surface area contributed by atoms with Gasteiger partial charge in [0.25, 0.3) is 9.05 Å². The van der Waals surface area contributed by atoms with E-state index in [2.05, 4.69) is 10.3 Å². The molecule has 1 aromatic heterocycles. The summed E-state index contributed by atoms with van der Waals surface area (Å²) in [7, 11) is 1.32. The number of carbonyl (C=O) groups is 1. The molecule has 20 heavy (non-hydrogen) atoms. The standard InChI is InChI=1S/C11H15ClN4O3S/c1-8(2)11-15-10(20(12,18)19)7-16(11)6-9(17)14-5-3-4-13/h7-8H,3,5-6H2,1-2H3,(H,14,17). The minimum atomic E-state index is -3.93. The maximum atomic E-state index is 11.7. The van der Waals surface area contributed by atoms with Crippen molar-refractivity contribution in [3.05, 3.63) is 12.0 Å². The number of carbonyl (C=O) groups excluding carboxylic acids is 1. The van der Waals surface area contributed by atoms with Gasteiger partial charge in [-0.05, 0) is 0 Å². The topological polar surface area (TPSA) is 105 Å². The number of aromatic nitrogens is 2. The molecule has 0 fully saturated rings. The fourth-order valence-electron chi connectivity index (χ4n) is 1.58. The number of rotatable bonds is 6. The van der Waals surface area contributed by atoms with Gasteiger partial charge in [-0.15, -0.1) is 0 Å². The maximum Gasteiger partial charge on any atom is 0.280 e. The van der Waals surface area contributed by atoms with Gasteiger partial charge in [0.05, 0.1) is 12.5 Å². The first-order chi connectivity index (χ1) is 9.25. The highest BCUT2D eigenvalue weighted by atomic mass is 35.7. The zero-order valence-corrected chi connectivity index (χ0v) is 12.7. The molecule has 7 nitrogen and oxygen atoms in total. The molecule has 1 heterocycles. The summed E-state index contributed by atoms with van der Waals surface area (Å²) in [6.45, 7) is 3.84. The van der Waals surface area contributed by atoms with Crippen molar-refractivity contribution in [2.45, 2.75) is 37.8 Å². The summed E-state index contributed by atoms with van der Waals surface area (Å²) in [4.78, 5) is 15.6. The lowest BCUT2D eigenvalue weighted by Crippen LogP contribution is -2.28. The number of hydrogen-bond acceptors (Lipinski definition) is 5. The smallest absolute Gasteiger partial charge is 0.280 e. The Bertz CT molecular complexity index is 631. The van der Waals surface area contributed by atoms with E-state index in [0.717, 1.165) is 0 Å². The second kappa shape index (κ2) is 6.72. The highest BCUT2D eigenvalue weighted by molar-refractivity contribution is 8.13. The highest BCUT2D eigenvalue weighted by Gasteiger charge is 2.20. The van der Waals surface area contributed by atoms with Gasteiger partial charge >= 0.3 is 0 Å². The molecule has 0 spiro atoms. The normalized spacial score (nSPS) is 11.3. The Morgan fingerprint density at radius 2 is 2.25 bits per heavy atom. The van der Waals surface area contributed by atoms with Crippen LogP contribution in [-0.2, 0) is 20.4 Å². The van der Waals surface area contributed by atoms with Crippen LogP contribution in [0.4, 0.5) is 0 Å². The summed E-state index contributed by atoms with van der Waals surface area (Å²) < 4.78 is 24.0. The molecule has 0 saturated carbocycles. The number of nitrogens with zero attached hydrogens (tertiary/aromatic N) is 3. The van der Waals surface area contributed by atoms with Crippen LogP contribution in [0.2, 0.25) is 0 Å². The van der Waals surface area contributed by atoms with Gasteiger partial charge in [0.15, 0.2) is 5.03 Å². The molecule has 0 saturated heterocycles. The Morgan fingerprint density at radius 3 is 2.75 bits per heavy atom. The van der Waals surface area contributed by atoms with E-state index in [1.165, 1.54) is 10.8 Å². The second-order valence-corrected chi connectivity index (χ2v) is 6.93. The van der Waals surface area contributed by atoms with Crippen LogP contribution in [0.3, 0.4) is 0 Å². The summed E-state index contributed by atoms with van der Waals surface area (Å²) in [5.74, 6) is 0.0757. The molecule has 0 aromatic carbocycles. The summed E-state index contributed by atoms with van der Waals surface area (Å²) >= 11 is 0. The fraction of sp³-hybridized carbons (Fsp3) is 0.545. The van der Waals surface area contributed by atoms with Crippen LogP contribution < -0.4 is 5.32 Å². The molecule has 0 aliphatic carbocycles. The first-order valence-electron chi connectivity index (χ1n) is 5.91. The van der Waals surface area contributed by atoms with Gasteiger partial charge in [0, 0.05) is 29.3 Å². The van der Waals surface area contributed by atoms with Gasteiger partial charge in [0.1, 0.15) is 12.4 Å². The van der Waals surface area contributed by atoms with Crippen LogP contribution in [0.1, 0.15) is 32.0 Å². The Kier molecular flexibility index (Phi) is 5.53. The molecule has 0 radical (unpaired) electrons. The Labute approximate surface area is 122 Å². The van der Waals surface area contributed by atoms with Gasteiger partial charge in [0.2, 0.25) is 5.91 Å². The molecular weight excluding hydrogens is 304 g/mol. The SMILES string of the molecule is CC(C)c1nc(S(=O)(=O)Cl)cn1CC(=O)NCCC#N. The third kappa shape index (κ3) is 4.51. The second-order valence-electron chi connectivity index (χ2n) is 4.42. The van der Waals surface area contributed by atoms with E-state index in [4.69, 9.17) is 15.9 Å². The van der Waals surface area contributed by atoms with Crippen molar-refractivity contribution >= 4 is 25.6 Å². The molecule has 1 aromatic rings. The number of nitriles is 1. The lowest BCUT2D eigenvalue weighted by Gasteiger charge is -2.09. The molecule has 1 rings (SSSR count). The van der Waals surface area contributed by atoms with Crippen LogP contribution in [0.25, 0.3) is 0 Å². The van der Waals surface area contributed by atoms with E-state index < -0.39 is 9.05 Å². The van der Waals surface area contributed by atoms with Crippen LogP contribution >= 0.6 is 10.7 Å². The third-order valence-electron chi connectivity index (χ3n) is 2.42. The van der Waals surface area contributed by atoms with Gasteiger partial charge in [-0.25, -0.2) is 13.4 Å². The Hall–Kier alpha value is -1.59. The molecule has 1 N–H and O–H groups in total. The van der Waals surface area contributed by atoms with E-state index in [1.807, 2.05) is 19.9 Å². The molecule has 110 valence electrons. The zero-order chi connectivity index (χ0) is 15.3. The molecule has 0 unspecified atom stereocenters. The number of amides is 1. The lowest BCUT2D eigenvalue weighted by molar-refractivity contribution is -0.121. The molecule has 1 amide bonds. The predicted octanol–water partition coefficient (Wildman–Crippen LogP) is 0.964. The first-order valence-corrected chi connectivity index (χ1v) is 8.22. The molecule has 9 heteroatoms. The monoisotopic (exact) mass is 318 g/mol. The highest BCUT2D eigenvalue weighted by Crippen LogP contribution is 2.19. The molecular formula is C11H15ClN4O3S. The van der Waals surface area contributed by atoms with Crippen LogP contribution in [0.5, 0.6) is 0 Å². The van der Waals surface area contributed by atoms with E-state index in [1.54, 1.807) is 0 Å². The van der Waals surface area contributed by atoms with Crippen molar-refractivity contribution in [1.82, 2.24) is 14.9 Å². The lowest BCUT2D eigenvalue weighted by atomic mass is 10.2. The average molecular weight is 319 g/mol. The van der Waals surface area contributed by atoms with Crippen molar-refractivity contribution < 1.29 is 13.2 Å². The van der Waals surface area contributed by atoms with Crippen molar-refractivity contribution in [1.29, 1.82) is 5.26 Å². The average Bonchev–Trinajstić information content (AvgIpc) is 2.73. The van der Waals surface area contributed by atoms with Gasteiger partial charge in [-0.2, -0.15) is 5.26 Å². The summed E-state index contributed by atoms with van der Waals surface area (Å²) in [5, 5.41) is 10.7. The van der Waals surface area contributed by atoms with E-state index in [0.29, 0.717) is 5.82 Å². The van der Waals surface area contributed by atoms with Crippen molar-refractivity contribution in [2.75, 3.05) is 6.54 Å². The quantitative estimate of drug-likeness (QED) is 0.621. The zero-order valence-electron chi connectivity index (χ0n) is 11.1. The van der Waals surface area contributed by atoms with E-state index in [9.17, 15) is 13.2 Å². The van der Waals surface area contributed by atoms with Crippen molar-refractivity contribution in [2.24, 2.45) is 0 Å². The van der Waals surface area contributed by atoms with E-state index >= 15 is 0 Å². The Morgan fingerprint density at radius 1 is 1.60 bits per heavy atom. The van der Waals surface area contributed by atoms with Gasteiger partial charge in [-0.3, -0.25) is 4.79 Å². The largest absolute Gasteiger partial charge is 0.354 e. The van der Waals surface area contributed by atoms with Crippen LogP contribution in [-0.4, -0.2) is 30.4 Å². The molecule has 0 atom stereocenters. The predicted molar refractivity (Wildman–Crippen MR) is 72.6 cm³/mol. The summed E-state index contributed by atoms with van der Waals surface area (Å²) in [5.41, 5.74) is 0. The van der Waals surface area contributed by atoms with Crippen LogP contribution in [0, 0.1) is 11.3 Å². The van der Waals surface area contributed by atoms with Gasteiger partial charge in [-0.1, -0.05) is 13.8 Å². The number of imidazole rings is 1. The summed E-state index contributed by atoms with van der Waals surface area (Å²) in [6, 6.07) is 1.91. The number of halogens is 1. The maximum absolute atomic E-state index is 11.7. The third-order valence-corrected chi connectivity index (χ3v) is 3.60. The minimum Gasteiger partial charge on any atom is -0.354 e. The number of hydrogen-bond donors (Lipinski definition) is 1.